The average molecular weight is 333 g/mol. The molecule has 0 aliphatic carbocycles. The first-order valence-electron chi connectivity index (χ1n) is 9.10. The monoisotopic (exact) mass is 333 g/mol. The van der Waals surface area contributed by atoms with E-state index in [4.69, 9.17) is 4.74 Å². The number of rotatable bonds is 2. The molecule has 0 N–H and O–H groups in total. The van der Waals surface area contributed by atoms with Crippen LogP contribution in [-0.2, 0) is 4.74 Å². The Bertz CT molecular complexity index is 858. The zero-order valence-corrected chi connectivity index (χ0v) is 14.6. The Hall–Kier alpha value is -2.55. The molecule has 1 heterocycles. The van der Waals surface area contributed by atoms with E-state index in [1.165, 1.54) is 17.2 Å². The van der Waals surface area contributed by atoms with Gasteiger partial charge in [0.15, 0.2) is 0 Å². The molecule has 3 nitrogen and oxygen atoms in total. The Morgan fingerprint density at radius 1 is 0.920 bits per heavy atom. The topological polar surface area (TPSA) is 29.5 Å². The minimum atomic E-state index is -0.287. The van der Waals surface area contributed by atoms with Crippen LogP contribution in [0.4, 0.5) is 4.79 Å². The van der Waals surface area contributed by atoms with Crippen molar-refractivity contribution in [2.75, 3.05) is 13.1 Å². The average Bonchev–Trinajstić information content (AvgIpc) is 2.66. The van der Waals surface area contributed by atoms with E-state index in [1.54, 1.807) is 0 Å². The minimum absolute atomic E-state index is 0.191. The number of benzene rings is 3. The molecule has 1 amide bonds. The van der Waals surface area contributed by atoms with Crippen LogP contribution in [0.15, 0.2) is 54.6 Å². The van der Waals surface area contributed by atoms with Gasteiger partial charge < -0.3 is 9.64 Å². The minimum Gasteiger partial charge on any atom is -0.441 e. The van der Waals surface area contributed by atoms with Crippen molar-refractivity contribution in [2.45, 2.75) is 32.3 Å². The van der Waals surface area contributed by atoms with Crippen LogP contribution in [-0.4, -0.2) is 24.1 Å². The van der Waals surface area contributed by atoms with Crippen LogP contribution in [0.5, 0.6) is 0 Å². The predicted molar refractivity (Wildman–Crippen MR) is 102 cm³/mol. The van der Waals surface area contributed by atoms with Crippen molar-refractivity contribution in [1.82, 2.24) is 4.90 Å². The third kappa shape index (κ3) is 3.07. The second-order valence-corrected chi connectivity index (χ2v) is 6.81. The predicted octanol–water partition coefficient (Wildman–Crippen LogP) is 5.68. The number of hydrogen-bond donors (Lipinski definition) is 0. The number of likely N-dealkylation sites (tertiary alicyclic amines) is 1. The van der Waals surface area contributed by atoms with E-state index in [2.05, 4.69) is 30.3 Å². The molecule has 1 fully saturated rings. The normalized spacial score (nSPS) is 16.1. The Morgan fingerprint density at radius 2 is 1.48 bits per heavy atom. The van der Waals surface area contributed by atoms with Crippen LogP contribution in [0.1, 0.15) is 37.9 Å². The number of fused-ring (bicyclic) bond motifs is 2. The maximum Gasteiger partial charge on any atom is 0.410 e. The number of ether oxygens (including phenoxy) is 1. The highest BCUT2D eigenvalue weighted by Gasteiger charge is 2.22. The summed E-state index contributed by atoms with van der Waals surface area (Å²) < 4.78 is 5.88. The largest absolute Gasteiger partial charge is 0.441 e. The van der Waals surface area contributed by atoms with Crippen molar-refractivity contribution in [3.05, 3.63) is 60.2 Å². The molecule has 3 heteroatoms. The summed E-state index contributed by atoms with van der Waals surface area (Å²) in [4.78, 5) is 14.4. The third-order valence-corrected chi connectivity index (χ3v) is 5.11. The van der Waals surface area contributed by atoms with Crippen LogP contribution in [0.25, 0.3) is 21.5 Å². The van der Waals surface area contributed by atoms with Crippen molar-refractivity contribution < 1.29 is 9.53 Å². The lowest BCUT2D eigenvalue weighted by atomic mass is 9.94. The number of piperidine rings is 1. The molecule has 1 atom stereocenters. The van der Waals surface area contributed by atoms with Crippen LogP contribution in [0, 0.1) is 0 Å². The Morgan fingerprint density at radius 3 is 2.08 bits per heavy atom. The maximum atomic E-state index is 12.6. The molecule has 1 aliphatic rings. The number of amides is 1. The van der Waals surface area contributed by atoms with Gasteiger partial charge in [0.2, 0.25) is 0 Å². The lowest BCUT2D eigenvalue weighted by molar-refractivity contribution is 0.0653. The summed E-state index contributed by atoms with van der Waals surface area (Å²) in [5.74, 6) is 0. The molecule has 0 bridgehead atoms. The van der Waals surface area contributed by atoms with Gasteiger partial charge in [-0.25, -0.2) is 4.79 Å². The standard InChI is InChI=1S/C22H23NO2/c1-16(25-22(24)23-13-7-2-8-14-23)21-19-11-5-3-9-17(19)15-18-10-4-6-12-20(18)21/h3-6,9-12,15-16H,2,7-8,13-14H2,1H3. The maximum absolute atomic E-state index is 12.6. The number of nitrogens with zero attached hydrogens (tertiary/aromatic N) is 1. The fraction of sp³-hybridized carbons (Fsp3) is 0.318. The van der Waals surface area contributed by atoms with Crippen LogP contribution < -0.4 is 0 Å². The van der Waals surface area contributed by atoms with Gasteiger partial charge in [0, 0.05) is 18.7 Å². The van der Waals surface area contributed by atoms with Gasteiger partial charge in [-0.3, -0.25) is 0 Å². The van der Waals surface area contributed by atoms with Crippen LogP contribution in [0.3, 0.4) is 0 Å². The number of carbonyl (C=O) groups excluding carboxylic acids is 1. The van der Waals surface area contributed by atoms with Gasteiger partial charge in [0.1, 0.15) is 6.10 Å². The van der Waals surface area contributed by atoms with Gasteiger partial charge in [0.25, 0.3) is 0 Å². The first kappa shape index (κ1) is 15.9. The van der Waals surface area contributed by atoms with Gasteiger partial charge in [-0.1, -0.05) is 48.5 Å². The van der Waals surface area contributed by atoms with Crippen molar-refractivity contribution in [2.24, 2.45) is 0 Å². The van der Waals surface area contributed by atoms with Crippen molar-refractivity contribution in [3.8, 4) is 0 Å². The fourth-order valence-electron chi connectivity index (χ4n) is 3.85. The van der Waals surface area contributed by atoms with Gasteiger partial charge in [-0.15, -0.1) is 0 Å². The smallest absolute Gasteiger partial charge is 0.410 e. The summed E-state index contributed by atoms with van der Waals surface area (Å²) in [6.07, 6.45) is 2.86. The molecular weight excluding hydrogens is 310 g/mol. The molecule has 25 heavy (non-hydrogen) atoms. The third-order valence-electron chi connectivity index (χ3n) is 5.11. The first-order valence-corrected chi connectivity index (χ1v) is 9.10. The molecule has 0 aromatic heterocycles. The molecule has 1 saturated heterocycles. The van der Waals surface area contributed by atoms with E-state index in [1.807, 2.05) is 36.1 Å². The second-order valence-electron chi connectivity index (χ2n) is 6.81. The summed E-state index contributed by atoms with van der Waals surface area (Å²) in [6.45, 7) is 3.60. The van der Waals surface area contributed by atoms with Crippen molar-refractivity contribution in [3.63, 3.8) is 0 Å². The summed E-state index contributed by atoms with van der Waals surface area (Å²) >= 11 is 0. The van der Waals surface area contributed by atoms with Gasteiger partial charge in [-0.2, -0.15) is 0 Å². The molecular formula is C22H23NO2. The molecule has 128 valence electrons. The van der Waals surface area contributed by atoms with E-state index in [0.717, 1.165) is 42.3 Å². The van der Waals surface area contributed by atoms with E-state index >= 15 is 0 Å². The summed E-state index contributed by atoms with van der Waals surface area (Å²) in [5, 5.41) is 4.66. The van der Waals surface area contributed by atoms with Gasteiger partial charge >= 0.3 is 6.09 Å². The van der Waals surface area contributed by atoms with Gasteiger partial charge in [0.05, 0.1) is 0 Å². The highest BCUT2D eigenvalue weighted by atomic mass is 16.6. The Labute approximate surface area is 148 Å². The molecule has 3 aromatic rings. The lowest BCUT2D eigenvalue weighted by Crippen LogP contribution is -2.36. The molecule has 1 unspecified atom stereocenters. The molecule has 1 aliphatic heterocycles. The number of hydrogen-bond acceptors (Lipinski definition) is 2. The Balaban J connectivity index is 1.74. The molecule has 0 saturated carbocycles. The van der Waals surface area contributed by atoms with Crippen LogP contribution >= 0.6 is 0 Å². The summed E-state index contributed by atoms with van der Waals surface area (Å²) in [7, 11) is 0. The van der Waals surface area contributed by atoms with Crippen molar-refractivity contribution in [1.29, 1.82) is 0 Å². The highest BCUT2D eigenvalue weighted by molar-refractivity contribution is 6.02. The van der Waals surface area contributed by atoms with E-state index in [-0.39, 0.29) is 12.2 Å². The first-order chi connectivity index (χ1) is 12.2. The van der Waals surface area contributed by atoms with Gasteiger partial charge in [-0.05, 0) is 53.8 Å². The number of carbonyl (C=O) groups is 1. The quantitative estimate of drug-likeness (QED) is 0.565. The molecule has 4 rings (SSSR count). The SMILES string of the molecule is CC(OC(=O)N1CCCCC1)c1c2ccccc2cc2ccccc12. The molecule has 3 aromatic carbocycles. The van der Waals surface area contributed by atoms with Crippen molar-refractivity contribution >= 4 is 27.6 Å². The molecule has 0 spiro atoms. The molecule has 0 radical (unpaired) electrons. The zero-order valence-electron chi connectivity index (χ0n) is 14.6. The lowest BCUT2D eigenvalue weighted by Gasteiger charge is -2.28. The Kier molecular flexibility index (Phi) is 4.31. The van der Waals surface area contributed by atoms with E-state index in [0.29, 0.717) is 0 Å². The fourth-order valence-corrected chi connectivity index (χ4v) is 3.85. The highest BCUT2D eigenvalue weighted by Crippen LogP contribution is 2.34. The van der Waals surface area contributed by atoms with Crippen LogP contribution in [0.2, 0.25) is 0 Å². The van der Waals surface area contributed by atoms with E-state index < -0.39 is 0 Å². The second kappa shape index (κ2) is 6.75. The van der Waals surface area contributed by atoms with E-state index in [9.17, 15) is 4.79 Å². The zero-order chi connectivity index (χ0) is 17.2. The summed E-state index contributed by atoms with van der Waals surface area (Å²) in [6, 6.07) is 18.8. The summed E-state index contributed by atoms with van der Waals surface area (Å²) in [5.41, 5.74) is 1.10.